The monoisotopic (exact) mass is 354 g/mol. The van der Waals surface area contributed by atoms with Crippen molar-refractivity contribution in [3.63, 3.8) is 0 Å². The molecule has 2 N–H and O–H groups in total. The van der Waals surface area contributed by atoms with E-state index in [4.69, 9.17) is 0 Å². The smallest absolute Gasteiger partial charge is 0.322 e. The predicted octanol–water partition coefficient (Wildman–Crippen LogP) is 2.03. The third kappa shape index (κ3) is 5.38. The third-order valence-corrected chi connectivity index (χ3v) is 4.24. The number of nitrogens with zero attached hydrogens (tertiary/aromatic N) is 2. The molecule has 1 aliphatic heterocycles. The second-order valence-electron chi connectivity index (χ2n) is 6.17. The summed E-state index contributed by atoms with van der Waals surface area (Å²) < 4.78 is 27.2. The van der Waals surface area contributed by atoms with E-state index in [0.717, 1.165) is 18.6 Å². The number of rotatable bonds is 5. The van der Waals surface area contributed by atoms with Crippen LogP contribution in [0.2, 0.25) is 0 Å². The first-order valence-electron chi connectivity index (χ1n) is 8.42. The topological polar surface area (TPSA) is 64.7 Å². The number of hydrogen-bond donors (Lipinski definition) is 2. The summed E-state index contributed by atoms with van der Waals surface area (Å²) in [6.07, 6.45) is 0.867. The number of anilines is 1. The number of benzene rings is 1. The van der Waals surface area contributed by atoms with E-state index in [1.54, 1.807) is 0 Å². The average Bonchev–Trinajstić information content (AvgIpc) is 2.58. The number of nitrogens with one attached hydrogen (secondary N) is 2. The van der Waals surface area contributed by atoms with Crippen molar-refractivity contribution in [2.75, 3.05) is 38.0 Å². The molecule has 1 aromatic rings. The van der Waals surface area contributed by atoms with Gasteiger partial charge in [-0.05, 0) is 25.5 Å². The molecule has 6 nitrogen and oxygen atoms in total. The van der Waals surface area contributed by atoms with Crippen LogP contribution in [0.25, 0.3) is 0 Å². The fraction of sp³-hybridized carbons (Fsp3) is 0.529. The van der Waals surface area contributed by atoms with Gasteiger partial charge in [0.05, 0.1) is 6.54 Å². The van der Waals surface area contributed by atoms with Crippen LogP contribution in [0.1, 0.15) is 20.3 Å². The van der Waals surface area contributed by atoms with Gasteiger partial charge in [-0.15, -0.1) is 0 Å². The Bertz CT molecular complexity index is 598. The van der Waals surface area contributed by atoms with Crippen molar-refractivity contribution in [2.24, 2.45) is 0 Å². The lowest BCUT2D eigenvalue weighted by atomic mass is 10.2. The highest BCUT2D eigenvalue weighted by Crippen LogP contribution is 2.18. The van der Waals surface area contributed by atoms with Crippen molar-refractivity contribution in [2.45, 2.75) is 26.3 Å². The van der Waals surface area contributed by atoms with E-state index >= 15 is 0 Å². The molecule has 0 aromatic heterocycles. The Morgan fingerprint density at radius 3 is 2.32 bits per heavy atom. The maximum Gasteiger partial charge on any atom is 0.322 e. The highest BCUT2D eigenvalue weighted by Gasteiger charge is 2.24. The van der Waals surface area contributed by atoms with E-state index in [1.165, 1.54) is 11.0 Å². The molecule has 1 fully saturated rings. The highest BCUT2D eigenvalue weighted by molar-refractivity contribution is 5.89. The molecule has 25 heavy (non-hydrogen) atoms. The molecule has 1 saturated heterocycles. The van der Waals surface area contributed by atoms with Gasteiger partial charge < -0.3 is 15.5 Å². The molecule has 1 heterocycles. The Morgan fingerprint density at radius 2 is 1.76 bits per heavy atom. The van der Waals surface area contributed by atoms with Crippen LogP contribution in [-0.2, 0) is 4.79 Å². The van der Waals surface area contributed by atoms with Crippen molar-refractivity contribution < 1.29 is 18.4 Å². The molecule has 138 valence electrons. The van der Waals surface area contributed by atoms with E-state index in [1.807, 2.05) is 18.7 Å². The van der Waals surface area contributed by atoms with Crippen LogP contribution < -0.4 is 10.6 Å². The zero-order valence-corrected chi connectivity index (χ0v) is 14.5. The number of piperazine rings is 1. The van der Waals surface area contributed by atoms with E-state index in [9.17, 15) is 18.4 Å². The summed E-state index contributed by atoms with van der Waals surface area (Å²) in [5.74, 6) is -1.66. The maximum absolute atomic E-state index is 13.6. The van der Waals surface area contributed by atoms with Crippen LogP contribution in [-0.4, -0.2) is 60.5 Å². The minimum Gasteiger partial charge on any atom is -0.353 e. The minimum atomic E-state index is -0.811. The number of amides is 3. The fourth-order valence-electron chi connectivity index (χ4n) is 2.54. The fourth-order valence-corrected chi connectivity index (χ4v) is 2.54. The molecule has 3 amide bonds. The van der Waals surface area contributed by atoms with Crippen LogP contribution in [0.5, 0.6) is 0 Å². The zero-order chi connectivity index (χ0) is 18.4. The van der Waals surface area contributed by atoms with Gasteiger partial charge in [0.1, 0.15) is 17.3 Å². The van der Waals surface area contributed by atoms with Crippen molar-refractivity contribution >= 4 is 17.6 Å². The van der Waals surface area contributed by atoms with E-state index in [2.05, 4.69) is 10.6 Å². The standard InChI is InChI=1S/C17H24F2N4O2/c1-3-12(2)20-15(24)11-22-7-9-23(10-8-22)17(25)21-16-13(18)5-4-6-14(16)19/h4-6,12H,3,7-11H2,1-2H3,(H,20,24)(H,21,25). The van der Waals surface area contributed by atoms with Crippen molar-refractivity contribution in [1.29, 1.82) is 0 Å². The number of hydrogen-bond acceptors (Lipinski definition) is 3. The molecule has 0 aliphatic carbocycles. The third-order valence-electron chi connectivity index (χ3n) is 4.24. The van der Waals surface area contributed by atoms with Crippen molar-refractivity contribution in [3.8, 4) is 0 Å². The lowest BCUT2D eigenvalue weighted by molar-refractivity contribution is -0.123. The van der Waals surface area contributed by atoms with Gasteiger partial charge in [-0.25, -0.2) is 13.6 Å². The molecule has 0 saturated carbocycles. The largest absolute Gasteiger partial charge is 0.353 e. The number of carbonyl (C=O) groups is 2. The first kappa shape index (κ1) is 19.1. The Morgan fingerprint density at radius 1 is 1.16 bits per heavy atom. The SMILES string of the molecule is CCC(C)NC(=O)CN1CCN(C(=O)Nc2c(F)cccc2F)CC1. The number of para-hydroxylation sites is 1. The molecule has 1 atom stereocenters. The average molecular weight is 354 g/mol. The van der Waals surface area contributed by atoms with Crippen molar-refractivity contribution in [3.05, 3.63) is 29.8 Å². The summed E-state index contributed by atoms with van der Waals surface area (Å²) in [4.78, 5) is 27.5. The van der Waals surface area contributed by atoms with Gasteiger partial charge in [-0.2, -0.15) is 0 Å². The number of urea groups is 1. The number of carbonyl (C=O) groups excluding carboxylic acids is 2. The summed E-state index contributed by atoms with van der Waals surface area (Å²) >= 11 is 0. The molecular weight excluding hydrogens is 330 g/mol. The molecule has 8 heteroatoms. The molecule has 1 aromatic carbocycles. The Labute approximate surface area is 146 Å². The minimum absolute atomic E-state index is 0.0410. The second kappa shape index (κ2) is 8.75. The second-order valence-corrected chi connectivity index (χ2v) is 6.17. The van der Waals surface area contributed by atoms with Gasteiger partial charge in [0.25, 0.3) is 0 Å². The zero-order valence-electron chi connectivity index (χ0n) is 14.5. The van der Waals surface area contributed by atoms with Crippen LogP contribution in [0.15, 0.2) is 18.2 Å². The quantitative estimate of drug-likeness (QED) is 0.850. The molecule has 2 rings (SSSR count). The Balaban J connectivity index is 1.81. The van der Waals surface area contributed by atoms with Gasteiger partial charge in [0.2, 0.25) is 5.91 Å². The first-order valence-corrected chi connectivity index (χ1v) is 8.42. The highest BCUT2D eigenvalue weighted by atomic mass is 19.1. The predicted molar refractivity (Wildman–Crippen MR) is 91.3 cm³/mol. The summed E-state index contributed by atoms with van der Waals surface area (Å²) in [6.45, 7) is 6.06. The van der Waals surface area contributed by atoms with Crippen LogP contribution >= 0.6 is 0 Å². The van der Waals surface area contributed by atoms with E-state index in [-0.39, 0.29) is 18.5 Å². The van der Waals surface area contributed by atoms with E-state index in [0.29, 0.717) is 26.2 Å². The summed E-state index contributed by atoms with van der Waals surface area (Å²) in [7, 11) is 0. The summed E-state index contributed by atoms with van der Waals surface area (Å²) in [6, 6.07) is 3.01. The number of halogens is 2. The van der Waals surface area contributed by atoms with Gasteiger partial charge in [-0.1, -0.05) is 13.0 Å². The lowest BCUT2D eigenvalue weighted by Gasteiger charge is -2.34. The van der Waals surface area contributed by atoms with Gasteiger partial charge in [0, 0.05) is 32.2 Å². The first-order chi connectivity index (χ1) is 11.9. The molecular formula is C17H24F2N4O2. The van der Waals surface area contributed by atoms with Crippen LogP contribution in [0.3, 0.4) is 0 Å². The van der Waals surface area contributed by atoms with Gasteiger partial charge >= 0.3 is 6.03 Å². The van der Waals surface area contributed by atoms with E-state index < -0.39 is 23.4 Å². The molecule has 0 spiro atoms. The normalized spacial score (nSPS) is 16.4. The molecule has 1 unspecified atom stereocenters. The van der Waals surface area contributed by atoms with Gasteiger partial charge in [0.15, 0.2) is 0 Å². The Hall–Kier alpha value is -2.22. The summed E-state index contributed by atoms with van der Waals surface area (Å²) in [5.41, 5.74) is -0.442. The lowest BCUT2D eigenvalue weighted by Crippen LogP contribution is -2.52. The molecule has 1 aliphatic rings. The van der Waals surface area contributed by atoms with Crippen LogP contribution in [0, 0.1) is 11.6 Å². The molecule has 0 bridgehead atoms. The van der Waals surface area contributed by atoms with Gasteiger partial charge in [-0.3, -0.25) is 9.69 Å². The van der Waals surface area contributed by atoms with Crippen molar-refractivity contribution in [1.82, 2.24) is 15.1 Å². The molecule has 0 radical (unpaired) electrons. The summed E-state index contributed by atoms with van der Waals surface area (Å²) in [5, 5.41) is 5.18. The maximum atomic E-state index is 13.6. The Kier molecular flexibility index (Phi) is 6.69. The van der Waals surface area contributed by atoms with Crippen LogP contribution in [0.4, 0.5) is 19.3 Å².